The van der Waals surface area contributed by atoms with Crippen LogP contribution in [0.2, 0.25) is 0 Å². The lowest BCUT2D eigenvalue weighted by molar-refractivity contribution is 0.102. The zero-order valence-corrected chi connectivity index (χ0v) is 8.47. The number of carbonyl (C=O) groups excluding carboxylic acids is 1. The zero-order chi connectivity index (χ0) is 10.1. The summed E-state index contributed by atoms with van der Waals surface area (Å²) >= 11 is 0. The summed E-state index contributed by atoms with van der Waals surface area (Å²) in [6.07, 6.45) is 2.76. The highest BCUT2D eigenvalue weighted by molar-refractivity contribution is 6.10. The Morgan fingerprint density at radius 3 is 2.86 bits per heavy atom. The maximum Gasteiger partial charge on any atom is 0.188 e. The lowest BCUT2D eigenvalue weighted by atomic mass is 9.86. The molecule has 0 aliphatic heterocycles. The van der Waals surface area contributed by atoms with Crippen LogP contribution in [0.4, 0.5) is 0 Å². The van der Waals surface area contributed by atoms with E-state index in [1.54, 1.807) is 0 Å². The zero-order valence-electron chi connectivity index (χ0n) is 8.47. The quantitative estimate of drug-likeness (QED) is 0.616. The summed E-state index contributed by atoms with van der Waals surface area (Å²) in [6.45, 7) is 5.90. The second kappa shape index (κ2) is 3.41. The average Bonchev–Trinajstić information content (AvgIpc) is 2.23. The van der Waals surface area contributed by atoms with Crippen LogP contribution in [0, 0.1) is 0 Å². The molecule has 72 valence electrons. The van der Waals surface area contributed by atoms with Crippen LogP contribution < -0.4 is 0 Å². The minimum Gasteiger partial charge on any atom is -0.289 e. The minimum atomic E-state index is 0.140. The molecule has 0 atom stereocenters. The molecule has 1 heteroatoms. The molecule has 2 rings (SSSR count). The summed E-state index contributed by atoms with van der Waals surface area (Å²) < 4.78 is 0. The first-order valence-electron chi connectivity index (χ1n) is 5.06. The third-order valence-electron chi connectivity index (χ3n) is 2.84. The van der Waals surface area contributed by atoms with E-state index in [4.69, 9.17) is 0 Å². The fourth-order valence-corrected chi connectivity index (χ4v) is 1.86. The number of hydrogen-bond donors (Lipinski definition) is 0. The first kappa shape index (κ1) is 9.20. The molecule has 0 heterocycles. The largest absolute Gasteiger partial charge is 0.289 e. The van der Waals surface area contributed by atoms with Crippen molar-refractivity contribution in [1.82, 2.24) is 0 Å². The lowest BCUT2D eigenvalue weighted by Crippen LogP contribution is -2.13. The normalized spacial score (nSPS) is 15.5. The summed E-state index contributed by atoms with van der Waals surface area (Å²) in [5, 5.41) is 0. The van der Waals surface area contributed by atoms with Crippen molar-refractivity contribution in [3.05, 3.63) is 47.0 Å². The first-order chi connectivity index (χ1) is 6.72. The predicted octanol–water partition coefficient (Wildman–Crippen LogP) is 2.93. The van der Waals surface area contributed by atoms with Crippen molar-refractivity contribution < 1.29 is 4.79 Å². The van der Waals surface area contributed by atoms with Crippen LogP contribution in [0.3, 0.4) is 0 Å². The van der Waals surface area contributed by atoms with Gasteiger partial charge in [-0.2, -0.15) is 0 Å². The number of benzene rings is 1. The van der Waals surface area contributed by atoms with Gasteiger partial charge in [0.1, 0.15) is 0 Å². The fourth-order valence-electron chi connectivity index (χ4n) is 1.86. The number of carbonyl (C=O) groups is 1. The van der Waals surface area contributed by atoms with E-state index in [1.165, 1.54) is 11.1 Å². The van der Waals surface area contributed by atoms with E-state index in [-0.39, 0.29) is 5.78 Å². The van der Waals surface area contributed by atoms with Crippen LogP contribution >= 0.6 is 0 Å². The minimum absolute atomic E-state index is 0.140. The second-order valence-corrected chi connectivity index (χ2v) is 3.78. The Morgan fingerprint density at radius 2 is 2.14 bits per heavy atom. The van der Waals surface area contributed by atoms with E-state index >= 15 is 0 Å². The van der Waals surface area contributed by atoms with Crippen molar-refractivity contribution in [2.24, 2.45) is 0 Å². The van der Waals surface area contributed by atoms with E-state index in [1.807, 2.05) is 6.07 Å². The molecule has 1 aliphatic carbocycles. The van der Waals surface area contributed by atoms with Gasteiger partial charge in [0.15, 0.2) is 5.78 Å². The van der Waals surface area contributed by atoms with Crippen molar-refractivity contribution >= 4 is 5.78 Å². The monoisotopic (exact) mass is 186 g/mol. The highest BCUT2D eigenvalue weighted by Crippen LogP contribution is 2.25. The molecular weight excluding hydrogens is 172 g/mol. The van der Waals surface area contributed by atoms with Gasteiger partial charge in [0.2, 0.25) is 0 Å². The van der Waals surface area contributed by atoms with Gasteiger partial charge < -0.3 is 0 Å². The van der Waals surface area contributed by atoms with Crippen LogP contribution in [0.25, 0.3) is 0 Å². The molecule has 1 aliphatic rings. The number of hydrogen-bond acceptors (Lipinski definition) is 1. The molecule has 0 saturated heterocycles. The molecule has 0 fully saturated rings. The summed E-state index contributed by atoms with van der Waals surface area (Å²) in [7, 11) is 0. The average molecular weight is 186 g/mol. The lowest BCUT2D eigenvalue weighted by Gasteiger charge is -2.17. The van der Waals surface area contributed by atoms with Crippen molar-refractivity contribution in [2.45, 2.75) is 26.2 Å². The van der Waals surface area contributed by atoms with Crippen molar-refractivity contribution in [2.75, 3.05) is 0 Å². The summed E-state index contributed by atoms with van der Waals surface area (Å²) in [6, 6.07) is 6.21. The first-order valence-corrected chi connectivity index (χ1v) is 5.06. The molecule has 0 aromatic heterocycles. The Morgan fingerprint density at radius 1 is 1.36 bits per heavy atom. The van der Waals surface area contributed by atoms with Crippen LogP contribution in [-0.2, 0) is 12.8 Å². The van der Waals surface area contributed by atoms with E-state index in [0.29, 0.717) is 0 Å². The highest BCUT2D eigenvalue weighted by Gasteiger charge is 2.19. The molecule has 0 unspecified atom stereocenters. The molecular formula is C13H14O. The van der Waals surface area contributed by atoms with E-state index in [9.17, 15) is 4.79 Å². The molecule has 1 aromatic carbocycles. The smallest absolute Gasteiger partial charge is 0.188 e. The molecule has 1 nitrogen and oxygen atoms in total. The highest BCUT2D eigenvalue weighted by atomic mass is 16.1. The molecule has 14 heavy (non-hydrogen) atoms. The Bertz CT molecular complexity index is 402. The Balaban J connectivity index is 2.51. The Labute approximate surface area is 84.5 Å². The third-order valence-corrected chi connectivity index (χ3v) is 2.84. The predicted molar refractivity (Wildman–Crippen MR) is 57.6 cm³/mol. The number of fused-ring (bicyclic) bond motifs is 1. The van der Waals surface area contributed by atoms with E-state index in [0.717, 1.165) is 30.4 Å². The number of allylic oxidation sites excluding steroid dienone is 1. The topological polar surface area (TPSA) is 17.1 Å². The molecule has 1 aromatic rings. The molecule has 0 spiro atoms. The SMILES string of the molecule is C=C1CCc2ccc(CC)cc2C1=O. The van der Waals surface area contributed by atoms with Gasteiger partial charge in [0, 0.05) is 5.56 Å². The molecule has 0 amide bonds. The van der Waals surface area contributed by atoms with Gasteiger partial charge in [0.25, 0.3) is 0 Å². The van der Waals surface area contributed by atoms with Gasteiger partial charge in [-0.3, -0.25) is 4.79 Å². The number of aryl methyl sites for hydroxylation is 2. The van der Waals surface area contributed by atoms with Gasteiger partial charge in [-0.1, -0.05) is 25.6 Å². The summed E-state index contributed by atoms with van der Waals surface area (Å²) in [5.41, 5.74) is 4.04. The van der Waals surface area contributed by atoms with Gasteiger partial charge in [0.05, 0.1) is 0 Å². The van der Waals surface area contributed by atoms with E-state index < -0.39 is 0 Å². The number of ketones is 1. The second-order valence-electron chi connectivity index (χ2n) is 3.78. The third kappa shape index (κ3) is 1.39. The van der Waals surface area contributed by atoms with Crippen molar-refractivity contribution in [3.63, 3.8) is 0 Å². The maximum atomic E-state index is 11.8. The van der Waals surface area contributed by atoms with Crippen LogP contribution in [0.15, 0.2) is 30.4 Å². The van der Waals surface area contributed by atoms with Crippen LogP contribution in [-0.4, -0.2) is 5.78 Å². The van der Waals surface area contributed by atoms with Crippen molar-refractivity contribution in [3.8, 4) is 0 Å². The number of Topliss-reactive ketones (excluding diaryl/α,β-unsaturated/α-hetero) is 1. The van der Waals surface area contributed by atoms with Crippen molar-refractivity contribution in [1.29, 1.82) is 0 Å². The Hall–Kier alpha value is -1.37. The van der Waals surface area contributed by atoms with Gasteiger partial charge >= 0.3 is 0 Å². The standard InChI is InChI=1S/C13H14O/c1-3-10-5-7-11-6-4-9(2)13(14)12(11)8-10/h5,7-8H,2-4,6H2,1H3. The number of rotatable bonds is 1. The molecule has 0 bridgehead atoms. The molecule has 0 saturated carbocycles. The van der Waals surface area contributed by atoms with Crippen LogP contribution in [0.1, 0.15) is 34.8 Å². The maximum absolute atomic E-state index is 11.8. The molecule has 0 radical (unpaired) electrons. The summed E-state index contributed by atoms with van der Waals surface area (Å²) in [5.74, 6) is 0.140. The molecule has 0 N–H and O–H groups in total. The summed E-state index contributed by atoms with van der Waals surface area (Å²) in [4.78, 5) is 11.8. The van der Waals surface area contributed by atoms with E-state index in [2.05, 4.69) is 25.6 Å². The Kier molecular flexibility index (Phi) is 2.24. The van der Waals surface area contributed by atoms with Crippen LogP contribution in [0.5, 0.6) is 0 Å². The fraction of sp³-hybridized carbons (Fsp3) is 0.308. The van der Waals surface area contributed by atoms with Gasteiger partial charge in [-0.05, 0) is 42.0 Å². The van der Waals surface area contributed by atoms with Gasteiger partial charge in [-0.15, -0.1) is 0 Å². The van der Waals surface area contributed by atoms with Gasteiger partial charge in [-0.25, -0.2) is 0 Å².